The molecule has 2 unspecified atom stereocenters. The third kappa shape index (κ3) is 5.36. The van der Waals surface area contributed by atoms with Crippen molar-refractivity contribution < 1.29 is 36.6 Å². The molecular weight excluding hydrogens is 501 g/mol. The lowest BCUT2D eigenvalue weighted by molar-refractivity contribution is -0.148. The van der Waals surface area contributed by atoms with Gasteiger partial charge in [-0.15, -0.1) is 0 Å². The quantitative estimate of drug-likeness (QED) is 0.406. The molecule has 4 rings (SSSR count). The number of nitrogens with zero attached hydrogens (tertiary/aromatic N) is 5. The zero-order valence-electron chi connectivity index (χ0n) is 19.6. The van der Waals surface area contributed by atoms with Crippen LogP contribution in [0.25, 0.3) is 0 Å². The minimum Gasteiger partial charge on any atom is -0.487 e. The first-order valence-corrected chi connectivity index (χ1v) is 11.3. The molecule has 2 amide bonds. The Balaban J connectivity index is 1.52. The molecule has 1 N–H and O–H groups in total. The summed E-state index contributed by atoms with van der Waals surface area (Å²) in [7, 11) is 0. The number of rotatable bonds is 10. The molecule has 1 aliphatic heterocycles. The molecule has 37 heavy (non-hydrogen) atoms. The zero-order valence-corrected chi connectivity index (χ0v) is 19.6. The Hall–Kier alpha value is -3.74. The first-order chi connectivity index (χ1) is 17.5. The molecule has 2 heterocycles. The highest BCUT2D eigenvalue weighted by Gasteiger charge is 2.46. The first kappa shape index (κ1) is 26.3. The smallest absolute Gasteiger partial charge is 0.340 e. The first-order valence-electron chi connectivity index (χ1n) is 11.3. The van der Waals surface area contributed by atoms with Crippen LogP contribution in [0.15, 0.2) is 61.2 Å². The van der Waals surface area contributed by atoms with E-state index < -0.39 is 42.4 Å². The Bertz CT molecular complexity index is 1210. The van der Waals surface area contributed by atoms with Crippen molar-refractivity contribution in [2.75, 3.05) is 24.6 Å². The summed E-state index contributed by atoms with van der Waals surface area (Å²) in [5.41, 5.74) is -1.47. The minimum atomic E-state index is -4.29. The lowest BCUT2D eigenvalue weighted by atomic mass is 9.85. The maximum absolute atomic E-state index is 14.8. The van der Waals surface area contributed by atoms with Gasteiger partial charge in [0.15, 0.2) is 6.61 Å². The number of aromatic nitrogens is 3. The molecule has 3 aromatic rings. The van der Waals surface area contributed by atoms with E-state index in [2.05, 4.69) is 10.1 Å². The summed E-state index contributed by atoms with van der Waals surface area (Å²) in [4.78, 5) is 20.0. The second-order valence-electron chi connectivity index (χ2n) is 8.65. The van der Waals surface area contributed by atoms with Gasteiger partial charge in [-0.2, -0.15) is 13.9 Å². The third-order valence-corrected chi connectivity index (χ3v) is 6.31. The maximum atomic E-state index is 14.8. The number of alkyl halides is 4. The van der Waals surface area contributed by atoms with Crippen molar-refractivity contribution in [1.82, 2.24) is 19.7 Å². The number of hydrogen-bond donors (Lipinski definition) is 1. The van der Waals surface area contributed by atoms with Crippen molar-refractivity contribution >= 4 is 11.7 Å². The van der Waals surface area contributed by atoms with E-state index in [1.165, 1.54) is 69.6 Å². The van der Waals surface area contributed by atoms with Crippen LogP contribution in [0.5, 0.6) is 5.75 Å². The highest BCUT2D eigenvalue weighted by molar-refractivity contribution is 5.94. The molecular formula is C24H24F5N5O3. The van der Waals surface area contributed by atoms with Crippen molar-refractivity contribution in [2.45, 2.75) is 37.5 Å². The second-order valence-corrected chi connectivity index (χ2v) is 8.65. The molecule has 1 aliphatic rings. The number of carbonyl (C=O) groups excluding carboxylic acids is 1. The predicted molar refractivity (Wildman–Crippen MR) is 122 cm³/mol. The fourth-order valence-electron chi connectivity index (χ4n) is 4.19. The van der Waals surface area contributed by atoms with Crippen molar-refractivity contribution in [2.24, 2.45) is 0 Å². The van der Waals surface area contributed by atoms with E-state index in [0.717, 1.165) is 0 Å². The van der Waals surface area contributed by atoms with Crippen LogP contribution in [-0.4, -0.2) is 68.9 Å². The molecule has 1 saturated heterocycles. The molecule has 13 heteroatoms. The Morgan fingerprint density at radius 2 is 1.81 bits per heavy atom. The number of halogens is 5. The van der Waals surface area contributed by atoms with Gasteiger partial charge in [-0.25, -0.2) is 27.6 Å². The van der Waals surface area contributed by atoms with Crippen LogP contribution < -0.4 is 9.64 Å². The minimum absolute atomic E-state index is 0.00801. The number of aliphatic hydroxyl groups is 1. The Kier molecular flexibility index (Phi) is 7.35. The lowest BCUT2D eigenvalue weighted by Crippen LogP contribution is -2.53. The summed E-state index contributed by atoms with van der Waals surface area (Å²) >= 11 is 0. The van der Waals surface area contributed by atoms with Gasteiger partial charge in [0.05, 0.1) is 12.6 Å². The van der Waals surface area contributed by atoms with Crippen LogP contribution >= 0.6 is 0 Å². The van der Waals surface area contributed by atoms with Crippen LogP contribution in [0, 0.1) is 5.82 Å². The molecule has 1 fully saturated rings. The fourth-order valence-corrected chi connectivity index (χ4v) is 4.19. The van der Waals surface area contributed by atoms with Gasteiger partial charge in [0.2, 0.25) is 0 Å². The van der Waals surface area contributed by atoms with Gasteiger partial charge in [0, 0.05) is 24.3 Å². The number of hydrogen-bond acceptors (Lipinski definition) is 5. The average Bonchev–Trinajstić information content (AvgIpc) is 3.52. The molecule has 8 nitrogen and oxygen atoms in total. The fraction of sp³-hybridized carbons (Fsp3) is 0.375. The SMILES string of the molecule is CC(N1CCN(c2ccc(OCC(F)(F)C(F)F)cc2)C1=O)C(O)(Cn1cncn1)c1ccccc1F. The van der Waals surface area contributed by atoms with Crippen LogP contribution in [-0.2, 0) is 12.1 Å². The van der Waals surface area contributed by atoms with E-state index in [0.29, 0.717) is 5.69 Å². The van der Waals surface area contributed by atoms with Crippen LogP contribution in [0.2, 0.25) is 0 Å². The van der Waals surface area contributed by atoms with Gasteiger partial charge < -0.3 is 14.7 Å². The van der Waals surface area contributed by atoms with Gasteiger partial charge in [-0.3, -0.25) is 4.90 Å². The molecule has 2 aromatic carbocycles. The van der Waals surface area contributed by atoms with Crippen molar-refractivity contribution in [3.8, 4) is 5.75 Å². The van der Waals surface area contributed by atoms with E-state index in [1.54, 1.807) is 13.0 Å². The summed E-state index contributed by atoms with van der Waals surface area (Å²) in [5, 5.41) is 15.8. The molecule has 0 aliphatic carbocycles. The third-order valence-electron chi connectivity index (χ3n) is 6.31. The molecule has 0 saturated carbocycles. The van der Waals surface area contributed by atoms with Gasteiger partial charge >= 0.3 is 18.4 Å². The average molecular weight is 525 g/mol. The number of amides is 2. The zero-order chi connectivity index (χ0) is 26.8. The Morgan fingerprint density at radius 1 is 1.11 bits per heavy atom. The molecule has 198 valence electrons. The number of anilines is 1. The van der Waals surface area contributed by atoms with Crippen molar-refractivity contribution in [3.05, 3.63) is 72.6 Å². The van der Waals surface area contributed by atoms with Crippen LogP contribution in [0.1, 0.15) is 12.5 Å². The molecule has 0 bridgehead atoms. The lowest BCUT2D eigenvalue weighted by Gasteiger charge is -2.39. The van der Waals surface area contributed by atoms with Crippen LogP contribution in [0.4, 0.5) is 32.4 Å². The standard InChI is InChI=1S/C24H24F5N5O3/c1-16(23(36,12-32-15-30-14-31-32)19-4-2-3-5-20(19)25)33-10-11-34(22(33)35)17-6-8-18(9-7-17)37-13-24(28,29)21(26)27/h2-9,14-16,21,36H,10-13H2,1H3. The molecule has 0 radical (unpaired) electrons. The topological polar surface area (TPSA) is 83.7 Å². The normalized spacial score (nSPS) is 16.8. The van der Waals surface area contributed by atoms with E-state index in [4.69, 9.17) is 4.74 Å². The summed E-state index contributed by atoms with van der Waals surface area (Å²) in [5.74, 6) is -5.00. The predicted octanol–water partition coefficient (Wildman–Crippen LogP) is 3.91. The summed E-state index contributed by atoms with van der Waals surface area (Å²) in [6.07, 6.45) is -1.20. The van der Waals surface area contributed by atoms with Crippen LogP contribution in [0.3, 0.4) is 0 Å². The van der Waals surface area contributed by atoms with E-state index in [-0.39, 0.29) is 30.9 Å². The summed E-state index contributed by atoms with van der Waals surface area (Å²) in [6.45, 7) is 0.369. The van der Waals surface area contributed by atoms with Gasteiger partial charge in [-0.05, 0) is 37.3 Å². The Labute approximate surface area is 208 Å². The monoisotopic (exact) mass is 525 g/mol. The van der Waals surface area contributed by atoms with E-state index in [1.807, 2.05) is 0 Å². The Morgan fingerprint density at radius 3 is 2.43 bits per heavy atom. The molecule has 1 aromatic heterocycles. The number of carbonyl (C=O) groups is 1. The largest absolute Gasteiger partial charge is 0.487 e. The second kappa shape index (κ2) is 10.3. The maximum Gasteiger partial charge on any atom is 0.340 e. The number of urea groups is 1. The molecule has 2 atom stereocenters. The van der Waals surface area contributed by atoms with E-state index in [9.17, 15) is 31.9 Å². The summed E-state index contributed by atoms with van der Waals surface area (Å²) < 4.78 is 71.8. The summed E-state index contributed by atoms with van der Waals surface area (Å²) in [6, 6.07) is 9.79. The van der Waals surface area contributed by atoms with Crippen molar-refractivity contribution in [1.29, 1.82) is 0 Å². The van der Waals surface area contributed by atoms with Gasteiger partial charge in [0.1, 0.15) is 29.8 Å². The van der Waals surface area contributed by atoms with Crippen molar-refractivity contribution in [3.63, 3.8) is 0 Å². The van der Waals surface area contributed by atoms with E-state index >= 15 is 0 Å². The van der Waals surface area contributed by atoms with Gasteiger partial charge in [0.25, 0.3) is 0 Å². The highest BCUT2D eigenvalue weighted by atomic mass is 19.3. The molecule has 0 spiro atoms. The number of benzene rings is 2. The number of ether oxygens (including phenoxy) is 1. The van der Waals surface area contributed by atoms with Gasteiger partial charge in [-0.1, -0.05) is 18.2 Å². The highest BCUT2D eigenvalue weighted by Crippen LogP contribution is 2.35.